The standard InChI is InChI=1S/C21H29N5OS/c22-19(27)16-11-13-24(14-12-16)15-25-21(28)26(18-9-5-2-6-10-18)20(23-25)17-7-3-1-4-8-17/h1,3-4,7-8,16,18H,2,5-6,9-15H2,(H2,22,27). The molecule has 0 radical (unpaired) electrons. The summed E-state index contributed by atoms with van der Waals surface area (Å²) in [7, 11) is 0. The Kier molecular flexibility index (Phi) is 5.92. The van der Waals surface area contributed by atoms with Crippen molar-refractivity contribution in [2.75, 3.05) is 13.1 Å². The first kappa shape index (κ1) is 19.3. The summed E-state index contributed by atoms with van der Waals surface area (Å²) in [6, 6.07) is 10.8. The first-order chi connectivity index (χ1) is 13.6. The number of carbonyl (C=O) groups is 1. The second-order valence-corrected chi connectivity index (χ2v) is 8.43. The number of piperidine rings is 1. The van der Waals surface area contributed by atoms with Gasteiger partial charge in [-0.05, 0) is 37.9 Å². The van der Waals surface area contributed by atoms with E-state index in [9.17, 15) is 4.79 Å². The molecule has 1 aromatic carbocycles. The van der Waals surface area contributed by atoms with Crippen LogP contribution in [0, 0.1) is 10.7 Å². The fourth-order valence-corrected chi connectivity index (χ4v) is 4.85. The summed E-state index contributed by atoms with van der Waals surface area (Å²) in [6.07, 6.45) is 7.80. The Bertz CT molecular complexity index is 861. The van der Waals surface area contributed by atoms with Crippen LogP contribution in [0.3, 0.4) is 0 Å². The number of likely N-dealkylation sites (tertiary alicyclic amines) is 1. The van der Waals surface area contributed by atoms with E-state index in [0.717, 1.165) is 42.1 Å². The van der Waals surface area contributed by atoms with Crippen molar-refractivity contribution in [2.24, 2.45) is 11.7 Å². The van der Waals surface area contributed by atoms with Crippen LogP contribution in [-0.4, -0.2) is 38.2 Å². The van der Waals surface area contributed by atoms with E-state index in [1.54, 1.807) is 0 Å². The normalized spacial score (nSPS) is 19.7. The van der Waals surface area contributed by atoms with E-state index in [1.165, 1.54) is 32.1 Å². The molecule has 2 aromatic rings. The highest BCUT2D eigenvalue weighted by Gasteiger charge is 2.26. The second kappa shape index (κ2) is 8.57. The molecule has 0 bridgehead atoms. The molecule has 7 heteroatoms. The molecule has 1 saturated carbocycles. The average Bonchev–Trinajstić information content (AvgIpc) is 3.06. The molecule has 4 rings (SSSR count). The first-order valence-corrected chi connectivity index (χ1v) is 10.8. The number of benzene rings is 1. The molecule has 1 saturated heterocycles. The maximum absolute atomic E-state index is 11.4. The zero-order chi connectivity index (χ0) is 19.5. The summed E-state index contributed by atoms with van der Waals surface area (Å²) in [5.41, 5.74) is 6.58. The van der Waals surface area contributed by atoms with Crippen LogP contribution < -0.4 is 5.73 Å². The quantitative estimate of drug-likeness (QED) is 0.778. The molecule has 150 valence electrons. The van der Waals surface area contributed by atoms with Gasteiger partial charge in [-0.1, -0.05) is 49.6 Å². The van der Waals surface area contributed by atoms with Gasteiger partial charge in [0.05, 0.1) is 6.67 Å². The molecule has 0 atom stereocenters. The number of carbonyl (C=O) groups excluding carboxylic acids is 1. The zero-order valence-corrected chi connectivity index (χ0v) is 17.1. The maximum Gasteiger partial charge on any atom is 0.220 e. The predicted octanol–water partition coefficient (Wildman–Crippen LogP) is 3.74. The molecule has 1 aliphatic heterocycles. The third-order valence-corrected chi connectivity index (χ3v) is 6.57. The van der Waals surface area contributed by atoms with Gasteiger partial charge in [-0.3, -0.25) is 14.3 Å². The summed E-state index contributed by atoms with van der Waals surface area (Å²) in [4.78, 5) is 13.7. The van der Waals surface area contributed by atoms with E-state index < -0.39 is 0 Å². The number of hydrogen-bond donors (Lipinski definition) is 1. The zero-order valence-electron chi connectivity index (χ0n) is 16.3. The minimum Gasteiger partial charge on any atom is -0.369 e. The molecular formula is C21H29N5OS. The number of hydrogen-bond acceptors (Lipinski definition) is 4. The molecule has 2 fully saturated rings. The number of aromatic nitrogens is 3. The van der Waals surface area contributed by atoms with Crippen molar-refractivity contribution in [1.29, 1.82) is 0 Å². The molecule has 0 spiro atoms. The van der Waals surface area contributed by atoms with Gasteiger partial charge in [-0.25, -0.2) is 4.68 Å². The Morgan fingerprint density at radius 3 is 2.39 bits per heavy atom. The monoisotopic (exact) mass is 399 g/mol. The van der Waals surface area contributed by atoms with Crippen molar-refractivity contribution >= 4 is 18.1 Å². The summed E-state index contributed by atoms with van der Waals surface area (Å²) in [6.45, 7) is 2.38. The number of primary amides is 1. The van der Waals surface area contributed by atoms with Gasteiger partial charge >= 0.3 is 0 Å². The van der Waals surface area contributed by atoms with Crippen molar-refractivity contribution in [2.45, 2.75) is 57.7 Å². The molecular weight excluding hydrogens is 370 g/mol. The highest BCUT2D eigenvalue weighted by molar-refractivity contribution is 7.71. The summed E-state index contributed by atoms with van der Waals surface area (Å²) in [5, 5.41) is 4.95. The van der Waals surface area contributed by atoms with Gasteiger partial charge in [0, 0.05) is 30.6 Å². The summed E-state index contributed by atoms with van der Waals surface area (Å²) >= 11 is 5.89. The fraction of sp³-hybridized carbons (Fsp3) is 0.571. The Morgan fingerprint density at radius 2 is 1.75 bits per heavy atom. The Morgan fingerprint density at radius 1 is 1.07 bits per heavy atom. The van der Waals surface area contributed by atoms with Crippen molar-refractivity contribution < 1.29 is 4.79 Å². The van der Waals surface area contributed by atoms with Gasteiger partial charge in [-0.15, -0.1) is 0 Å². The minimum atomic E-state index is -0.177. The third kappa shape index (κ3) is 4.05. The van der Waals surface area contributed by atoms with Crippen LogP contribution in [-0.2, 0) is 11.5 Å². The molecule has 0 unspecified atom stereocenters. The SMILES string of the molecule is NC(=O)C1CCN(Cn2nc(-c3ccccc3)n(C3CCCCC3)c2=S)CC1. The van der Waals surface area contributed by atoms with Crippen molar-refractivity contribution in [3.63, 3.8) is 0 Å². The van der Waals surface area contributed by atoms with Crippen molar-refractivity contribution in [3.8, 4) is 11.4 Å². The molecule has 1 aromatic heterocycles. The van der Waals surface area contributed by atoms with E-state index in [1.807, 2.05) is 10.7 Å². The number of nitrogens with zero attached hydrogens (tertiary/aromatic N) is 4. The lowest BCUT2D eigenvalue weighted by molar-refractivity contribution is -0.123. The van der Waals surface area contributed by atoms with E-state index in [-0.39, 0.29) is 11.8 Å². The van der Waals surface area contributed by atoms with Crippen LogP contribution in [0.5, 0.6) is 0 Å². The lowest BCUT2D eigenvalue weighted by Crippen LogP contribution is -2.39. The topological polar surface area (TPSA) is 69.1 Å². The van der Waals surface area contributed by atoms with Crippen LogP contribution in [0.15, 0.2) is 30.3 Å². The first-order valence-electron chi connectivity index (χ1n) is 10.4. The van der Waals surface area contributed by atoms with Crippen molar-refractivity contribution in [3.05, 3.63) is 35.1 Å². The van der Waals surface area contributed by atoms with Crippen LogP contribution in [0.2, 0.25) is 0 Å². The molecule has 2 aliphatic rings. The van der Waals surface area contributed by atoms with Crippen LogP contribution >= 0.6 is 12.2 Å². The van der Waals surface area contributed by atoms with Gasteiger partial charge in [0.25, 0.3) is 0 Å². The van der Waals surface area contributed by atoms with Gasteiger partial charge in [0.15, 0.2) is 10.6 Å². The molecule has 6 nitrogen and oxygen atoms in total. The van der Waals surface area contributed by atoms with Crippen LogP contribution in [0.1, 0.15) is 51.0 Å². The van der Waals surface area contributed by atoms with Gasteiger partial charge in [0.2, 0.25) is 5.91 Å². The maximum atomic E-state index is 11.4. The van der Waals surface area contributed by atoms with E-state index in [0.29, 0.717) is 12.7 Å². The predicted molar refractivity (Wildman–Crippen MR) is 112 cm³/mol. The van der Waals surface area contributed by atoms with Gasteiger partial charge in [0.1, 0.15) is 0 Å². The summed E-state index contributed by atoms with van der Waals surface area (Å²) < 4.78 is 5.07. The highest BCUT2D eigenvalue weighted by atomic mass is 32.1. The number of amides is 1. The number of rotatable bonds is 5. The Hall–Kier alpha value is -1.99. The molecule has 2 heterocycles. The molecule has 1 amide bonds. The minimum absolute atomic E-state index is 0.00361. The lowest BCUT2D eigenvalue weighted by Gasteiger charge is -2.30. The van der Waals surface area contributed by atoms with Gasteiger partial charge < -0.3 is 5.73 Å². The number of nitrogens with two attached hydrogens (primary N) is 1. The largest absolute Gasteiger partial charge is 0.369 e. The van der Waals surface area contributed by atoms with E-state index in [2.05, 4.69) is 33.7 Å². The van der Waals surface area contributed by atoms with E-state index in [4.69, 9.17) is 23.1 Å². The third-order valence-electron chi connectivity index (χ3n) is 6.17. The smallest absolute Gasteiger partial charge is 0.220 e. The van der Waals surface area contributed by atoms with Crippen LogP contribution in [0.4, 0.5) is 0 Å². The second-order valence-electron chi connectivity index (χ2n) is 8.07. The van der Waals surface area contributed by atoms with Gasteiger partial charge in [-0.2, -0.15) is 5.10 Å². The molecule has 28 heavy (non-hydrogen) atoms. The Labute approximate surface area is 171 Å². The summed E-state index contributed by atoms with van der Waals surface area (Å²) in [5.74, 6) is 0.803. The highest BCUT2D eigenvalue weighted by Crippen LogP contribution is 2.32. The van der Waals surface area contributed by atoms with Crippen LogP contribution in [0.25, 0.3) is 11.4 Å². The lowest BCUT2D eigenvalue weighted by atomic mass is 9.95. The average molecular weight is 400 g/mol. The van der Waals surface area contributed by atoms with Crippen molar-refractivity contribution in [1.82, 2.24) is 19.2 Å². The molecule has 2 N–H and O–H groups in total. The van der Waals surface area contributed by atoms with E-state index >= 15 is 0 Å². The fourth-order valence-electron chi connectivity index (χ4n) is 4.51. The molecule has 1 aliphatic carbocycles. The Balaban J connectivity index is 1.60.